The Hall–Kier alpha value is -0.160. The molecule has 2 nitrogen and oxygen atoms in total. The maximum absolute atomic E-state index is 14.6. The number of benzene rings is 1. The molecule has 0 saturated heterocycles. The smallest absolute Gasteiger partial charge is 0.147 e. The van der Waals surface area contributed by atoms with Crippen molar-refractivity contribution in [1.29, 1.82) is 0 Å². The Kier molecular flexibility index (Phi) is 7.11. The lowest BCUT2D eigenvalue weighted by Crippen LogP contribution is -2.52. The van der Waals surface area contributed by atoms with Gasteiger partial charge in [-0.3, -0.25) is 4.90 Å². The van der Waals surface area contributed by atoms with Gasteiger partial charge in [-0.05, 0) is 55.5 Å². The highest BCUT2D eigenvalue weighted by molar-refractivity contribution is 9.10. The van der Waals surface area contributed by atoms with E-state index in [9.17, 15) is 4.39 Å². The SMILES string of the molecule is CCNC(c1ccc(Br)c(Cl)c1F)C(C)(C)N(CC)CC. The molecular formula is C16H25BrClFN2. The van der Waals surface area contributed by atoms with Gasteiger partial charge in [0.2, 0.25) is 0 Å². The first-order chi connectivity index (χ1) is 9.81. The highest BCUT2D eigenvalue weighted by atomic mass is 79.9. The second-order valence-electron chi connectivity index (χ2n) is 5.58. The molecule has 1 aromatic rings. The molecule has 1 unspecified atom stereocenters. The molecule has 1 atom stereocenters. The average Bonchev–Trinajstić information content (AvgIpc) is 2.44. The minimum Gasteiger partial charge on any atom is -0.309 e. The molecule has 5 heteroatoms. The molecule has 120 valence electrons. The standard InChI is InChI=1S/C16H25BrClFN2/c1-6-20-15(16(4,5)21(7-2)8-3)11-9-10-12(17)13(18)14(11)19/h9-10,15,20H,6-8H2,1-5H3. The second-order valence-corrected chi connectivity index (χ2v) is 6.81. The molecule has 0 radical (unpaired) electrons. The molecule has 0 bridgehead atoms. The van der Waals surface area contributed by atoms with Crippen LogP contribution in [0.5, 0.6) is 0 Å². The maximum Gasteiger partial charge on any atom is 0.147 e. The summed E-state index contributed by atoms with van der Waals surface area (Å²) in [6.45, 7) is 13.2. The molecule has 0 spiro atoms. The predicted molar refractivity (Wildman–Crippen MR) is 92.5 cm³/mol. The van der Waals surface area contributed by atoms with Crippen molar-refractivity contribution in [1.82, 2.24) is 10.2 Å². The van der Waals surface area contributed by atoms with E-state index in [0.717, 1.165) is 19.6 Å². The highest BCUT2D eigenvalue weighted by Crippen LogP contribution is 2.36. The predicted octanol–water partition coefficient (Wildman–Crippen LogP) is 5.01. The molecule has 21 heavy (non-hydrogen) atoms. The van der Waals surface area contributed by atoms with Crippen LogP contribution >= 0.6 is 27.5 Å². The number of rotatable bonds is 7. The summed E-state index contributed by atoms with van der Waals surface area (Å²) in [5, 5.41) is 3.56. The first-order valence-corrected chi connectivity index (χ1v) is 8.60. The van der Waals surface area contributed by atoms with Crippen LogP contribution in [0.25, 0.3) is 0 Å². The minimum absolute atomic E-state index is 0.131. The number of hydrogen-bond acceptors (Lipinski definition) is 2. The van der Waals surface area contributed by atoms with E-state index < -0.39 is 0 Å². The Labute approximate surface area is 141 Å². The fourth-order valence-electron chi connectivity index (χ4n) is 2.93. The molecule has 0 amide bonds. The van der Waals surface area contributed by atoms with Crippen molar-refractivity contribution in [3.8, 4) is 0 Å². The molecule has 0 aliphatic rings. The largest absolute Gasteiger partial charge is 0.309 e. The lowest BCUT2D eigenvalue weighted by molar-refractivity contribution is 0.0903. The molecule has 0 heterocycles. The van der Waals surface area contributed by atoms with Crippen molar-refractivity contribution in [2.75, 3.05) is 19.6 Å². The molecular weight excluding hydrogens is 355 g/mol. The Bertz CT molecular complexity index is 476. The van der Waals surface area contributed by atoms with Gasteiger partial charge in [-0.15, -0.1) is 0 Å². The monoisotopic (exact) mass is 378 g/mol. The van der Waals surface area contributed by atoms with E-state index in [1.54, 1.807) is 0 Å². The van der Waals surface area contributed by atoms with E-state index in [2.05, 4.69) is 53.8 Å². The van der Waals surface area contributed by atoms with Crippen LogP contribution in [0.2, 0.25) is 5.02 Å². The molecule has 0 aliphatic carbocycles. The zero-order chi connectivity index (χ0) is 16.2. The van der Waals surface area contributed by atoms with Gasteiger partial charge >= 0.3 is 0 Å². The van der Waals surface area contributed by atoms with Crippen molar-refractivity contribution < 1.29 is 4.39 Å². The Morgan fingerprint density at radius 3 is 2.33 bits per heavy atom. The van der Waals surface area contributed by atoms with E-state index in [4.69, 9.17) is 11.6 Å². The van der Waals surface area contributed by atoms with Gasteiger partial charge in [-0.1, -0.05) is 38.4 Å². The van der Waals surface area contributed by atoms with Crippen LogP contribution in [0.3, 0.4) is 0 Å². The first kappa shape index (κ1) is 18.9. The summed E-state index contributed by atoms with van der Waals surface area (Å²) in [6, 6.07) is 3.49. The number of likely N-dealkylation sites (N-methyl/N-ethyl adjacent to an activating group) is 2. The lowest BCUT2D eigenvalue weighted by atomic mass is 9.86. The van der Waals surface area contributed by atoms with Gasteiger partial charge in [0.1, 0.15) is 5.82 Å². The maximum atomic E-state index is 14.6. The van der Waals surface area contributed by atoms with E-state index in [-0.39, 0.29) is 22.4 Å². The van der Waals surface area contributed by atoms with E-state index in [1.807, 2.05) is 19.1 Å². The first-order valence-electron chi connectivity index (χ1n) is 7.42. The number of nitrogens with one attached hydrogen (secondary N) is 1. The van der Waals surface area contributed by atoms with Crippen molar-refractivity contribution in [3.63, 3.8) is 0 Å². The summed E-state index contributed by atoms with van der Waals surface area (Å²) < 4.78 is 15.2. The normalized spacial score (nSPS) is 13.8. The van der Waals surface area contributed by atoms with Crippen LogP contribution in [0, 0.1) is 5.82 Å². The third-order valence-corrected chi connectivity index (χ3v) is 5.33. The number of nitrogens with zero attached hydrogens (tertiary/aromatic N) is 1. The summed E-state index contributed by atoms with van der Waals surface area (Å²) in [7, 11) is 0. The Morgan fingerprint density at radius 1 is 1.29 bits per heavy atom. The molecule has 1 N–H and O–H groups in total. The van der Waals surface area contributed by atoms with Crippen molar-refractivity contribution in [3.05, 3.63) is 33.0 Å². The van der Waals surface area contributed by atoms with Crippen molar-refractivity contribution >= 4 is 27.5 Å². The second kappa shape index (κ2) is 7.91. The molecule has 0 fully saturated rings. The van der Waals surface area contributed by atoms with Crippen LogP contribution in [-0.2, 0) is 0 Å². The number of hydrogen-bond donors (Lipinski definition) is 1. The lowest BCUT2D eigenvalue weighted by Gasteiger charge is -2.44. The third kappa shape index (κ3) is 3.98. The summed E-state index contributed by atoms with van der Waals surface area (Å²) in [6.07, 6.45) is 0. The van der Waals surface area contributed by atoms with Gasteiger partial charge in [-0.25, -0.2) is 4.39 Å². The highest BCUT2D eigenvalue weighted by Gasteiger charge is 2.36. The Balaban J connectivity index is 3.33. The van der Waals surface area contributed by atoms with Crippen LogP contribution in [-0.4, -0.2) is 30.1 Å². The zero-order valence-electron chi connectivity index (χ0n) is 13.4. The van der Waals surface area contributed by atoms with Gasteiger partial charge in [0.25, 0.3) is 0 Å². The summed E-state index contributed by atoms with van der Waals surface area (Å²) in [4.78, 5) is 2.33. The fraction of sp³-hybridized carbons (Fsp3) is 0.625. The van der Waals surface area contributed by atoms with E-state index >= 15 is 0 Å². The van der Waals surface area contributed by atoms with Crippen LogP contribution in [0.15, 0.2) is 16.6 Å². The zero-order valence-corrected chi connectivity index (χ0v) is 15.8. The van der Waals surface area contributed by atoms with Crippen LogP contribution in [0.4, 0.5) is 4.39 Å². The van der Waals surface area contributed by atoms with Gasteiger partial charge in [-0.2, -0.15) is 0 Å². The molecule has 0 saturated carbocycles. The van der Waals surface area contributed by atoms with Crippen LogP contribution < -0.4 is 5.32 Å². The molecule has 0 aromatic heterocycles. The van der Waals surface area contributed by atoms with E-state index in [1.165, 1.54) is 0 Å². The van der Waals surface area contributed by atoms with E-state index in [0.29, 0.717) is 10.0 Å². The topological polar surface area (TPSA) is 15.3 Å². The quantitative estimate of drug-likeness (QED) is 0.670. The molecule has 1 rings (SSSR count). The number of halogens is 3. The summed E-state index contributed by atoms with van der Waals surface area (Å²) >= 11 is 9.33. The van der Waals surface area contributed by atoms with Crippen molar-refractivity contribution in [2.45, 2.75) is 46.2 Å². The third-order valence-electron chi connectivity index (χ3n) is 4.07. The summed E-state index contributed by atoms with van der Waals surface area (Å²) in [5.41, 5.74) is 0.388. The Morgan fingerprint density at radius 2 is 1.86 bits per heavy atom. The van der Waals surface area contributed by atoms with Gasteiger partial charge in [0.05, 0.1) is 11.1 Å². The van der Waals surface area contributed by atoms with Gasteiger partial charge < -0.3 is 5.32 Å². The van der Waals surface area contributed by atoms with Gasteiger partial charge in [0.15, 0.2) is 0 Å². The van der Waals surface area contributed by atoms with Crippen molar-refractivity contribution in [2.24, 2.45) is 0 Å². The average molecular weight is 380 g/mol. The molecule has 1 aromatic carbocycles. The summed E-state index contributed by atoms with van der Waals surface area (Å²) in [5.74, 6) is -0.350. The van der Waals surface area contributed by atoms with Gasteiger partial charge in [0, 0.05) is 15.6 Å². The molecule has 0 aliphatic heterocycles. The minimum atomic E-state index is -0.350. The van der Waals surface area contributed by atoms with Crippen LogP contribution in [0.1, 0.15) is 46.2 Å². The fourth-order valence-corrected chi connectivity index (χ4v) is 3.41.